The highest BCUT2D eigenvalue weighted by Gasteiger charge is 2.25. The lowest BCUT2D eigenvalue weighted by Crippen LogP contribution is -2.49. The van der Waals surface area contributed by atoms with Gasteiger partial charge in [0.15, 0.2) is 0 Å². The van der Waals surface area contributed by atoms with Gasteiger partial charge in [-0.3, -0.25) is 4.79 Å². The molecule has 108 valence electrons. The van der Waals surface area contributed by atoms with E-state index in [1.807, 2.05) is 6.92 Å². The number of hydrogen-bond donors (Lipinski definition) is 2. The summed E-state index contributed by atoms with van der Waals surface area (Å²) in [5.41, 5.74) is 0. The summed E-state index contributed by atoms with van der Waals surface area (Å²) in [6, 6.07) is -1.85. The molecule has 0 radical (unpaired) electrons. The molecule has 0 heterocycles. The summed E-state index contributed by atoms with van der Waals surface area (Å²) in [7, 11) is 1.16. The third-order valence-electron chi connectivity index (χ3n) is 2.32. The van der Waals surface area contributed by atoms with E-state index in [-0.39, 0.29) is 0 Å². The number of urea groups is 1. The van der Waals surface area contributed by atoms with Gasteiger partial charge in [0.1, 0.15) is 6.04 Å². The Labute approximate surface area is 112 Å². The van der Waals surface area contributed by atoms with Crippen LogP contribution in [0.3, 0.4) is 0 Å². The maximum Gasteiger partial charge on any atom is 0.326 e. The largest absolute Gasteiger partial charge is 0.480 e. The Kier molecular flexibility index (Phi) is 7.99. The number of carbonyl (C=O) groups is 3. The van der Waals surface area contributed by atoms with Crippen molar-refractivity contribution < 1.29 is 24.2 Å². The SMILES string of the molecule is C=CCN(CCC)C(=O)N[C@@H](CC(=O)OC)C(=O)O. The van der Waals surface area contributed by atoms with Crippen LogP contribution in [0.1, 0.15) is 19.8 Å². The minimum absolute atomic E-state index is 0.310. The summed E-state index contributed by atoms with van der Waals surface area (Å²) in [6.07, 6.45) is 1.87. The van der Waals surface area contributed by atoms with Crippen LogP contribution in [0.4, 0.5) is 4.79 Å². The van der Waals surface area contributed by atoms with Crippen LogP contribution < -0.4 is 5.32 Å². The van der Waals surface area contributed by atoms with Crippen LogP contribution in [0.15, 0.2) is 12.7 Å². The monoisotopic (exact) mass is 272 g/mol. The van der Waals surface area contributed by atoms with Gasteiger partial charge in [-0.25, -0.2) is 9.59 Å². The van der Waals surface area contributed by atoms with Crippen molar-refractivity contribution in [3.8, 4) is 0 Å². The Morgan fingerprint density at radius 2 is 2.11 bits per heavy atom. The minimum Gasteiger partial charge on any atom is -0.480 e. The number of rotatable bonds is 8. The second kappa shape index (κ2) is 8.96. The van der Waals surface area contributed by atoms with Gasteiger partial charge in [-0.1, -0.05) is 13.0 Å². The zero-order valence-electron chi connectivity index (χ0n) is 11.2. The van der Waals surface area contributed by atoms with Crippen LogP contribution >= 0.6 is 0 Å². The minimum atomic E-state index is -1.30. The van der Waals surface area contributed by atoms with Crippen molar-refractivity contribution in [2.24, 2.45) is 0 Å². The molecule has 2 N–H and O–H groups in total. The average Bonchev–Trinajstić information content (AvgIpc) is 2.37. The molecule has 0 aliphatic heterocycles. The molecule has 7 nitrogen and oxygen atoms in total. The number of methoxy groups -OCH3 is 1. The average molecular weight is 272 g/mol. The highest BCUT2D eigenvalue weighted by molar-refractivity contribution is 5.86. The molecule has 0 aromatic rings. The maximum absolute atomic E-state index is 11.9. The fourth-order valence-corrected chi connectivity index (χ4v) is 1.39. The van der Waals surface area contributed by atoms with Gasteiger partial charge >= 0.3 is 18.0 Å². The molecular formula is C12H20N2O5. The van der Waals surface area contributed by atoms with Crippen molar-refractivity contribution >= 4 is 18.0 Å². The fourth-order valence-electron chi connectivity index (χ4n) is 1.39. The molecular weight excluding hydrogens is 252 g/mol. The molecule has 0 aliphatic rings. The van der Waals surface area contributed by atoms with Crippen LogP contribution in [0.5, 0.6) is 0 Å². The molecule has 19 heavy (non-hydrogen) atoms. The van der Waals surface area contributed by atoms with Gasteiger partial charge in [-0.2, -0.15) is 0 Å². The molecule has 0 aromatic carbocycles. The van der Waals surface area contributed by atoms with E-state index in [0.717, 1.165) is 13.5 Å². The van der Waals surface area contributed by atoms with Crippen molar-refractivity contribution in [3.05, 3.63) is 12.7 Å². The molecule has 7 heteroatoms. The van der Waals surface area contributed by atoms with E-state index in [2.05, 4.69) is 16.6 Å². The van der Waals surface area contributed by atoms with Gasteiger partial charge in [0.25, 0.3) is 0 Å². The van der Waals surface area contributed by atoms with E-state index in [9.17, 15) is 14.4 Å². The van der Waals surface area contributed by atoms with E-state index < -0.39 is 30.4 Å². The number of nitrogens with zero attached hydrogens (tertiary/aromatic N) is 1. The summed E-state index contributed by atoms with van der Waals surface area (Å²) < 4.78 is 4.38. The topological polar surface area (TPSA) is 95.9 Å². The zero-order chi connectivity index (χ0) is 14.8. The number of esters is 1. The molecule has 0 spiro atoms. The lowest BCUT2D eigenvalue weighted by molar-refractivity contribution is -0.147. The molecule has 0 unspecified atom stereocenters. The first-order valence-electron chi connectivity index (χ1n) is 5.92. The second-order valence-corrected chi connectivity index (χ2v) is 3.86. The van der Waals surface area contributed by atoms with E-state index in [4.69, 9.17) is 5.11 Å². The van der Waals surface area contributed by atoms with Crippen molar-refractivity contribution in [2.45, 2.75) is 25.8 Å². The van der Waals surface area contributed by atoms with Gasteiger partial charge < -0.3 is 20.1 Å². The summed E-state index contributed by atoms with van der Waals surface area (Å²) in [5.74, 6) is -1.98. The van der Waals surface area contributed by atoms with E-state index in [0.29, 0.717) is 13.1 Å². The van der Waals surface area contributed by atoms with Crippen LogP contribution in [0.2, 0.25) is 0 Å². The van der Waals surface area contributed by atoms with Gasteiger partial charge in [-0.05, 0) is 6.42 Å². The Bertz CT molecular complexity index is 343. The summed E-state index contributed by atoms with van der Waals surface area (Å²) in [5, 5.41) is 11.2. The zero-order valence-corrected chi connectivity index (χ0v) is 11.2. The van der Waals surface area contributed by atoms with Crippen LogP contribution in [0, 0.1) is 0 Å². The molecule has 2 amide bonds. The van der Waals surface area contributed by atoms with Gasteiger partial charge in [0.05, 0.1) is 13.5 Å². The fraction of sp³-hybridized carbons (Fsp3) is 0.583. The normalized spacial score (nSPS) is 11.3. The quantitative estimate of drug-likeness (QED) is 0.498. The Balaban J connectivity index is 4.63. The number of carboxylic acid groups (broad SMARTS) is 1. The van der Waals surface area contributed by atoms with Crippen molar-refractivity contribution in [3.63, 3.8) is 0 Å². The lowest BCUT2D eigenvalue weighted by atomic mass is 10.2. The highest BCUT2D eigenvalue weighted by atomic mass is 16.5. The summed E-state index contributed by atoms with van der Waals surface area (Å²) >= 11 is 0. The Morgan fingerprint density at radius 3 is 2.53 bits per heavy atom. The van der Waals surface area contributed by atoms with E-state index in [1.165, 1.54) is 4.90 Å². The van der Waals surface area contributed by atoms with Crippen LogP contribution in [0.25, 0.3) is 0 Å². The van der Waals surface area contributed by atoms with Gasteiger partial charge in [-0.15, -0.1) is 6.58 Å². The van der Waals surface area contributed by atoms with Gasteiger partial charge in [0, 0.05) is 13.1 Å². The van der Waals surface area contributed by atoms with E-state index in [1.54, 1.807) is 6.08 Å². The standard InChI is InChI=1S/C12H20N2O5/c1-4-6-14(7-5-2)12(18)13-9(11(16)17)8-10(15)19-3/h4,9H,1,5-8H2,2-3H3,(H,13,18)(H,16,17)/t9-/m0/s1. The molecule has 0 rings (SSSR count). The number of nitrogens with one attached hydrogen (secondary N) is 1. The number of aliphatic carboxylic acids is 1. The molecule has 0 saturated carbocycles. The Morgan fingerprint density at radius 1 is 1.47 bits per heavy atom. The number of carbonyl (C=O) groups excluding carboxylic acids is 2. The number of ether oxygens (including phenoxy) is 1. The number of hydrogen-bond acceptors (Lipinski definition) is 4. The van der Waals surface area contributed by atoms with Crippen LogP contribution in [-0.4, -0.2) is 54.2 Å². The highest BCUT2D eigenvalue weighted by Crippen LogP contribution is 1.99. The van der Waals surface area contributed by atoms with Gasteiger partial charge in [0.2, 0.25) is 0 Å². The third-order valence-corrected chi connectivity index (χ3v) is 2.32. The third kappa shape index (κ3) is 6.44. The van der Waals surface area contributed by atoms with E-state index >= 15 is 0 Å². The summed E-state index contributed by atoms with van der Waals surface area (Å²) in [4.78, 5) is 35.3. The first-order valence-corrected chi connectivity index (χ1v) is 5.92. The smallest absolute Gasteiger partial charge is 0.326 e. The van der Waals surface area contributed by atoms with Crippen molar-refractivity contribution in [2.75, 3.05) is 20.2 Å². The predicted octanol–water partition coefficient (Wildman–Crippen LogP) is 0.610. The molecule has 0 fully saturated rings. The first kappa shape index (κ1) is 16.9. The molecule has 0 aliphatic carbocycles. The number of carboxylic acids is 1. The summed E-state index contributed by atoms with van der Waals surface area (Å²) in [6.45, 7) is 6.21. The lowest BCUT2D eigenvalue weighted by Gasteiger charge is -2.23. The van der Waals surface area contributed by atoms with Crippen molar-refractivity contribution in [1.29, 1.82) is 0 Å². The number of amides is 2. The predicted molar refractivity (Wildman–Crippen MR) is 68.6 cm³/mol. The molecule has 0 saturated heterocycles. The second-order valence-electron chi connectivity index (χ2n) is 3.86. The first-order chi connectivity index (χ1) is 8.96. The Hall–Kier alpha value is -2.05. The molecule has 1 atom stereocenters. The van der Waals surface area contributed by atoms with Crippen molar-refractivity contribution in [1.82, 2.24) is 10.2 Å². The molecule has 0 aromatic heterocycles. The van der Waals surface area contributed by atoms with Crippen LogP contribution in [-0.2, 0) is 14.3 Å². The maximum atomic E-state index is 11.9. The molecule has 0 bridgehead atoms.